The predicted octanol–water partition coefficient (Wildman–Crippen LogP) is 5.56. The molecule has 0 N–H and O–H groups in total. The molecule has 1 aliphatic carbocycles. The van der Waals surface area contributed by atoms with Gasteiger partial charge in [-0.25, -0.2) is 9.97 Å². The number of unbranched alkanes of at least 4 members (excludes halogenated alkanes) is 2. The summed E-state index contributed by atoms with van der Waals surface area (Å²) < 4.78 is 0. The van der Waals surface area contributed by atoms with Gasteiger partial charge in [0.25, 0.3) is 0 Å². The summed E-state index contributed by atoms with van der Waals surface area (Å²) in [7, 11) is 0. The lowest BCUT2D eigenvalue weighted by atomic mass is 10.0. The number of aromatic nitrogens is 2. The topological polar surface area (TPSA) is 59.9 Å². The van der Waals surface area contributed by atoms with Crippen molar-refractivity contribution in [2.75, 3.05) is 0 Å². The first-order chi connectivity index (χ1) is 12.1. The van der Waals surface area contributed by atoms with Gasteiger partial charge in [0.1, 0.15) is 11.5 Å². The van der Waals surface area contributed by atoms with E-state index in [9.17, 15) is 9.59 Å². The summed E-state index contributed by atoms with van der Waals surface area (Å²) in [5, 5.41) is 1.80. The Morgan fingerprint density at radius 1 is 1.12 bits per heavy atom. The average molecular weight is 377 g/mol. The number of carbonyl (C=O) groups excluding carboxylic acids is 2. The van der Waals surface area contributed by atoms with E-state index in [0.717, 1.165) is 51.9 Å². The van der Waals surface area contributed by atoms with Gasteiger partial charge >= 0.3 is 0 Å². The van der Waals surface area contributed by atoms with Crippen molar-refractivity contribution in [2.45, 2.75) is 71.1 Å². The molecular weight excluding hydrogens is 352 g/mol. The smallest absolute Gasteiger partial charge is 0.182 e. The third-order valence-electron chi connectivity index (χ3n) is 4.42. The van der Waals surface area contributed by atoms with Gasteiger partial charge in [-0.3, -0.25) is 9.59 Å². The Morgan fingerprint density at radius 2 is 1.88 bits per heavy atom. The van der Waals surface area contributed by atoms with Crippen molar-refractivity contribution in [1.82, 2.24) is 9.97 Å². The van der Waals surface area contributed by atoms with E-state index in [1.807, 2.05) is 20.0 Å². The zero-order chi connectivity index (χ0) is 17.8. The van der Waals surface area contributed by atoms with Gasteiger partial charge in [-0.2, -0.15) is 0 Å². The second-order valence-corrected chi connectivity index (χ2v) is 8.92. The molecule has 3 rings (SSSR count). The summed E-state index contributed by atoms with van der Waals surface area (Å²) in [6.45, 7) is 3.93. The number of rotatable bonds is 10. The van der Waals surface area contributed by atoms with Crippen LogP contribution in [0.2, 0.25) is 0 Å². The van der Waals surface area contributed by atoms with Gasteiger partial charge in [-0.1, -0.05) is 13.3 Å². The molecule has 0 aromatic carbocycles. The summed E-state index contributed by atoms with van der Waals surface area (Å²) in [5.74, 6) is 0.984. The number of hydrogen-bond donors (Lipinski definition) is 0. The normalized spacial score (nSPS) is 14.0. The van der Waals surface area contributed by atoms with E-state index >= 15 is 0 Å². The fraction of sp³-hybridized carbons (Fsp3) is 0.579. The van der Waals surface area contributed by atoms with E-state index in [1.54, 1.807) is 22.7 Å². The first-order valence-corrected chi connectivity index (χ1v) is 10.7. The molecule has 2 aromatic heterocycles. The van der Waals surface area contributed by atoms with Crippen LogP contribution >= 0.6 is 22.7 Å². The van der Waals surface area contributed by atoms with Gasteiger partial charge in [0, 0.05) is 35.2 Å². The molecule has 1 saturated carbocycles. The molecule has 2 heterocycles. The Bertz CT molecular complexity index is 759. The highest BCUT2D eigenvalue weighted by Crippen LogP contribution is 2.46. The standard InChI is InChI=1S/C19H24N2O2S2/c1-3-14(22)7-5-4-6-8-15(23)16-17(13-9-10-13)25-19(21-16)18-20-11-12(2)24-18/h11,13H,3-10H2,1-2H3. The van der Waals surface area contributed by atoms with Crippen molar-refractivity contribution in [1.29, 1.82) is 0 Å². The molecule has 1 aliphatic rings. The Morgan fingerprint density at radius 3 is 2.52 bits per heavy atom. The van der Waals surface area contributed by atoms with Crippen molar-refractivity contribution in [3.8, 4) is 10.0 Å². The van der Waals surface area contributed by atoms with Crippen LogP contribution in [0.3, 0.4) is 0 Å². The lowest BCUT2D eigenvalue weighted by Gasteiger charge is -2.01. The lowest BCUT2D eigenvalue weighted by molar-refractivity contribution is -0.118. The summed E-state index contributed by atoms with van der Waals surface area (Å²) >= 11 is 3.28. The van der Waals surface area contributed by atoms with Crippen molar-refractivity contribution < 1.29 is 9.59 Å². The minimum Gasteiger partial charge on any atom is -0.300 e. The van der Waals surface area contributed by atoms with Gasteiger partial charge < -0.3 is 0 Å². The van der Waals surface area contributed by atoms with Crippen LogP contribution in [0.15, 0.2) is 6.20 Å². The van der Waals surface area contributed by atoms with Gasteiger partial charge in [0.05, 0.1) is 0 Å². The molecule has 0 spiro atoms. The molecule has 0 radical (unpaired) electrons. The van der Waals surface area contributed by atoms with E-state index in [1.165, 1.54) is 0 Å². The third kappa shape index (κ3) is 4.82. The number of hydrogen-bond acceptors (Lipinski definition) is 6. The van der Waals surface area contributed by atoms with Crippen molar-refractivity contribution in [2.24, 2.45) is 0 Å². The van der Waals surface area contributed by atoms with Crippen LogP contribution in [0.1, 0.15) is 84.5 Å². The first kappa shape index (κ1) is 18.4. The molecule has 0 atom stereocenters. The number of Topliss-reactive ketones (excluding diaryl/α,β-unsaturated/α-hetero) is 2. The monoisotopic (exact) mass is 376 g/mol. The van der Waals surface area contributed by atoms with E-state index in [0.29, 0.717) is 36.7 Å². The Balaban J connectivity index is 1.61. The molecule has 1 fully saturated rings. The van der Waals surface area contributed by atoms with Crippen molar-refractivity contribution >= 4 is 34.2 Å². The van der Waals surface area contributed by atoms with E-state index in [-0.39, 0.29) is 5.78 Å². The van der Waals surface area contributed by atoms with E-state index < -0.39 is 0 Å². The molecule has 6 heteroatoms. The molecule has 0 unspecified atom stereocenters. The summed E-state index contributed by atoms with van der Waals surface area (Å²) in [6, 6.07) is 0. The lowest BCUT2D eigenvalue weighted by Crippen LogP contribution is -2.03. The third-order valence-corrected chi connectivity index (χ3v) is 6.70. The molecule has 134 valence electrons. The van der Waals surface area contributed by atoms with Crippen LogP contribution in [0.4, 0.5) is 0 Å². The Kier molecular flexibility index (Phi) is 6.12. The highest BCUT2D eigenvalue weighted by Gasteiger charge is 2.32. The number of carbonyl (C=O) groups is 2. The molecule has 0 aliphatic heterocycles. The number of nitrogens with zero attached hydrogens (tertiary/aromatic N) is 2. The minimum absolute atomic E-state index is 0.152. The second-order valence-electron chi connectivity index (χ2n) is 6.66. The highest BCUT2D eigenvalue weighted by atomic mass is 32.1. The molecule has 2 aromatic rings. The van der Waals surface area contributed by atoms with Gasteiger partial charge in [-0.15, -0.1) is 22.7 Å². The number of aryl methyl sites for hydroxylation is 1. The number of ketones is 2. The van der Waals surface area contributed by atoms with Crippen LogP contribution in [0.5, 0.6) is 0 Å². The summed E-state index contributed by atoms with van der Waals surface area (Å²) in [4.78, 5) is 35.4. The van der Waals surface area contributed by atoms with Crippen molar-refractivity contribution in [3.63, 3.8) is 0 Å². The van der Waals surface area contributed by atoms with Crippen LogP contribution in [-0.2, 0) is 4.79 Å². The molecular formula is C19H24N2O2S2. The van der Waals surface area contributed by atoms with Gasteiger partial charge in [0.2, 0.25) is 0 Å². The molecule has 4 nitrogen and oxygen atoms in total. The predicted molar refractivity (Wildman–Crippen MR) is 103 cm³/mol. The van der Waals surface area contributed by atoms with Crippen LogP contribution < -0.4 is 0 Å². The molecule has 0 amide bonds. The highest BCUT2D eigenvalue weighted by molar-refractivity contribution is 7.21. The maximum Gasteiger partial charge on any atom is 0.182 e. The fourth-order valence-electron chi connectivity index (χ4n) is 2.78. The SMILES string of the molecule is CCC(=O)CCCCCC(=O)c1nc(-c2ncc(C)s2)sc1C1CC1. The maximum absolute atomic E-state index is 12.7. The van der Waals surface area contributed by atoms with Crippen LogP contribution in [0.25, 0.3) is 10.0 Å². The quantitative estimate of drug-likeness (QED) is 0.402. The summed E-state index contributed by atoms with van der Waals surface area (Å²) in [5.41, 5.74) is 0.681. The van der Waals surface area contributed by atoms with Gasteiger partial charge in [-0.05, 0) is 38.5 Å². The largest absolute Gasteiger partial charge is 0.300 e. The zero-order valence-corrected chi connectivity index (χ0v) is 16.5. The Hall–Kier alpha value is -1.40. The molecule has 0 bridgehead atoms. The molecule has 25 heavy (non-hydrogen) atoms. The Labute approximate surface area is 156 Å². The average Bonchev–Trinajstić information content (AvgIpc) is 3.20. The van der Waals surface area contributed by atoms with Crippen LogP contribution in [0, 0.1) is 6.92 Å². The van der Waals surface area contributed by atoms with E-state index in [2.05, 4.69) is 9.97 Å². The number of thiazole rings is 2. The zero-order valence-electron chi connectivity index (χ0n) is 14.8. The minimum atomic E-state index is 0.152. The van der Waals surface area contributed by atoms with Crippen molar-refractivity contribution in [3.05, 3.63) is 21.6 Å². The maximum atomic E-state index is 12.7. The van der Waals surface area contributed by atoms with E-state index in [4.69, 9.17) is 0 Å². The van der Waals surface area contributed by atoms with Crippen LogP contribution in [-0.4, -0.2) is 21.5 Å². The van der Waals surface area contributed by atoms with Gasteiger partial charge in [0.15, 0.2) is 15.8 Å². The second kappa shape index (κ2) is 8.32. The first-order valence-electron chi connectivity index (χ1n) is 9.07. The molecule has 0 saturated heterocycles. The summed E-state index contributed by atoms with van der Waals surface area (Å²) in [6.07, 6.45) is 8.62. The fourth-order valence-corrected chi connectivity index (χ4v) is 4.82.